The fourth-order valence-electron chi connectivity index (χ4n) is 1.81. The summed E-state index contributed by atoms with van der Waals surface area (Å²) in [7, 11) is 0. The smallest absolute Gasteiger partial charge is 0.327 e. The maximum atomic E-state index is 11.5. The fraction of sp³-hybridized carbons (Fsp3) is 0.625. The van der Waals surface area contributed by atoms with Crippen LogP contribution in [0.5, 0.6) is 0 Å². The molecule has 2 N–H and O–H groups in total. The van der Waals surface area contributed by atoms with Crippen LogP contribution in [0.25, 0.3) is 0 Å². The standard InChI is InChI=1S/C8H10N2O4S/c1-3(11)9-5-6(12)10-4(8(13)14)2-15-7(5)10/h4-5,7H,2H2,1H3,(H,9,11)(H,13,14)/t4-,5-,7-/m1/s1. The number of carboxylic acids is 1. The molecule has 0 unspecified atom stereocenters. The van der Waals surface area contributed by atoms with Crippen LogP contribution in [-0.4, -0.2) is 51.0 Å². The van der Waals surface area contributed by atoms with Crippen LogP contribution in [0.15, 0.2) is 0 Å². The minimum Gasteiger partial charge on any atom is -0.480 e. The van der Waals surface area contributed by atoms with Crippen molar-refractivity contribution in [2.75, 3.05) is 5.75 Å². The van der Waals surface area contributed by atoms with E-state index >= 15 is 0 Å². The first-order valence-corrected chi connectivity index (χ1v) is 5.51. The Morgan fingerprint density at radius 3 is 2.80 bits per heavy atom. The van der Waals surface area contributed by atoms with Crippen molar-refractivity contribution in [3.63, 3.8) is 0 Å². The molecule has 2 aliphatic heterocycles. The average molecular weight is 230 g/mol. The number of hydrogen-bond donors (Lipinski definition) is 2. The van der Waals surface area contributed by atoms with Gasteiger partial charge in [-0.2, -0.15) is 0 Å². The number of rotatable bonds is 2. The van der Waals surface area contributed by atoms with Crippen molar-refractivity contribution < 1.29 is 19.5 Å². The summed E-state index contributed by atoms with van der Waals surface area (Å²) in [5, 5.41) is 11.1. The van der Waals surface area contributed by atoms with Gasteiger partial charge in [0, 0.05) is 12.7 Å². The van der Waals surface area contributed by atoms with Gasteiger partial charge in [-0.1, -0.05) is 0 Å². The molecule has 0 aromatic carbocycles. The largest absolute Gasteiger partial charge is 0.480 e. The van der Waals surface area contributed by atoms with Gasteiger partial charge in [0.05, 0.1) is 0 Å². The molecule has 2 rings (SSSR count). The first-order valence-electron chi connectivity index (χ1n) is 4.46. The van der Waals surface area contributed by atoms with E-state index in [1.54, 1.807) is 0 Å². The summed E-state index contributed by atoms with van der Waals surface area (Å²) in [6, 6.07) is -1.28. The van der Waals surface area contributed by atoms with Gasteiger partial charge in [-0.3, -0.25) is 9.59 Å². The molecule has 7 heteroatoms. The molecule has 0 spiro atoms. The lowest BCUT2D eigenvalue weighted by atomic mass is 10.0. The Balaban J connectivity index is 2.06. The number of carboxylic acid groups (broad SMARTS) is 1. The Bertz CT molecular complexity index is 346. The molecule has 15 heavy (non-hydrogen) atoms. The first kappa shape index (κ1) is 10.3. The lowest BCUT2D eigenvalue weighted by Gasteiger charge is -2.43. The van der Waals surface area contributed by atoms with E-state index in [0.717, 1.165) is 0 Å². The zero-order valence-electron chi connectivity index (χ0n) is 7.97. The molecular weight excluding hydrogens is 220 g/mol. The van der Waals surface area contributed by atoms with Gasteiger partial charge in [-0.05, 0) is 0 Å². The van der Waals surface area contributed by atoms with Gasteiger partial charge >= 0.3 is 5.97 Å². The van der Waals surface area contributed by atoms with Crippen LogP contribution in [-0.2, 0) is 14.4 Å². The zero-order valence-corrected chi connectivity index (χ0v) is 8.78. The molecule has 2 fully saturated rings. The van der Waals surface area contributed by atoms with E-state index < -0.39 is 18.1 Å². The van der Waals surface area contributed by atoms with Crippen LogP contribution in [0, 0.1) is 0 Å². The molecule has 0 aromatic heterocycles. The Kier molecular flexibility index (Phi) is 2.34. The topological polar surface area (TPSA) is 86.7 Å². The third-order valence-corrected chi connectivity index (χ3v) is 3.83. The van der Waals surface area contributed by atoms with Crippen molar-refractivity contribution in [3.05, 3.63) is 0 Å². The summed E-state index contributed by atoms with van der Waals surface area (Å²) in [5.41, 5.74) is 0. The Hall–Kier alpha value is -1.24. The van der Waals surface area contributed by atoms with E-state index in [-0.39, 0.29) is 17.2 Å². The molecule has 2 saturated heterocycles. The molecule has 3 atom stereocenters. The summed E-state index contributed by atoms with van der Waals surface area (Å²) >= 11 is 1.39. The van der Waals surface area contributed by atoms with Crippen LogP contribution in [0.2, 0.25) is 0 Å². The van der Waals surface area contributed by atoms with Gasteiger partial charge in [0.1, 0.15) is 17.5 Å². The Morgan fingerprint density at radius 1 is 1.60 bits per heavy atom. The van der Waals surface area contributed by atoms with E-state index in [0.29, 0.717) is 5.75 Å². The predicted octanol–water partition coefficient (Wildman–Crippen LogP) is -1.14. The fourth-order valence-corrected chi connectivity index (χ4v) is 3.28. The van der Waals surface area contributed by atoms with Crippen LogP contribution in [0.3, 0.4) is 0 Å². The number of nitrogens with zero attached hydrogens (tertiary/aromatic N) is 1. The highest BCUT2D eigenvalue weighted by molar-refractivity contribution is 8.00. The highest BCUT2D eigenvalue weighted by Crippen LogP contribution is 2.39. The summed E-state index contributed by atoms with van der Waals surface area (Å²) in [6.45, 7) is 1.34. The van der Waals surface area contributed by atoms with Crippen LogP contribution >= 0.6 is 11.8 Å². The van der Waals surface area contributed by atoms with E-state index in [1.165, 1.54) is 23.6 Å². The van der Waals surface area contributed by atoms with Crippen molar-refractivity contribution in [1.82, 2.24) is 10.2 Å². The monoisotopic (exact) mass is 230 g/mol. The molecule has 2 aliphatic rings. The average Bonchev–Trinajstić information content (AvgIpc) is 2.54. The van der Waals surface area contributed by atoms with E-state index in [1.807, 2.05) is 0 Å². The highest BCUT2D eigenvalue weighted by Gasteiger charge is 2.57. The van der Waals surface area contributed by atoms with E-state index in [2.05, 4.69) is 5.32 Å². The second-order valence-electron chi connectivity index (χ2n) is 3.50. The molecule has 2 amide bonds. The van der Waals surface area contributed by atoms with E-state index in [4.69, 9.17) is 5.11 Å². The van der Waals surface area contributed by atoms with Gasteiger partial charge in [-0.15, -0.1) is 11.8 Å². The van der Waals surface area contributed by atoms with Gasteiger partial charge in [0.2, 0.25) is 11.8 Å². The van der Waals surface area contributed by atoms with Gasteiger partial charge in [0.15, 0.2) is 0 Å². The third-order valence-electron chi connectivity index (χ3n) is 2.48. The van der Waals surface area contributed by atoms with Gasteiger partial charge in [0.25, 0.3) is 0 Å². The maximum absolute atomic E-state index is 11.5. The number of amides is 2. The molecule has 2 heterocycles. The van der Waals surface area contributed by atoms with Gasteiger partial charge < -0.3 is 15.3 Å². The van der Waals surface area contributed by atoms with Crippen molar-refractivity contribution in [2.24, 2.45) is 0 Å². The number of fused-ring (bicyclic) bond motifs is 1. The van der Waals surface area contributed by atoms with Crippen molar-refractivity contribution in [1.29, 1.82) is 0 Å². The molecule has 0 aromatic rings. The second kappa shape index (κ2) is 3.41. The van der Waals surface area contributed by atoms with Gasteiger partial charge in [-0.25, -0.2) is 4.79 Å². The van der Waals surface area contributed by atoms with Crippen LogP contribution in [0.1, 0.15) is 6.92 Å². The predicted molar refractivity (Wildman–Crippen MR) is 52.1 cm³/mol. The summed E-state index contributed by atoms with van der Waals surface area (Å²) in [5.74, 6) is -1.17. The number of aliphatic carboxylic acids is 1. The normalized spacial score (nSPS) is 33.3. The minimum atomic E-state index is -0.986. The lowest BCUT2D eigenvalue weighted by molar-refractivity contribution is -0.159. The van der Waals surface area contributed by atoms with E-state index in [9.17, 15) is 14.4 Å². The molecule has 0 saturated carbocycles. The van der Waals surface area contributed by atoms with Crippen molar-refractivity contribution in [3.8, 4) is 0 Å². The first-order chi connectivity index (χ1) is 7.02. The molecule has 82 valence electrons. The summed E-state index contributed by atoms with van der Waals surface area (Å²) in [4.78, 5) is 34.4. The molecular formula is C8H10N2O4S. The quantitative estimate of drug-likeness (QED) is 0.585. The molecule has 0 aliphatic carbocycles. The van der Waals surface area contributed by atoms with Crippen molar-refractivity contribution >= 4 is 29.5 Å². The van der Waals surface area contributed by atoms with Crippen molar-refractivity contribution in [2.45, 2.75) is 24.4 Å². The number of hydrogen-bond acceptors (Lipinski definition) is 4. The number of β-lactam (4-membered cyclic amide) rings is 1. The third kappa shape index (κ3) is 1.46. The number of carbonyl (C=O) groups is 3. The number of carbonyl (C=O) groups excluding carboxylic acids is 2. The molecule has 0 radical (unpaired) electrons. The highest BCUT2D eigenvalue weighted by atomic mass is 32.2. The molecule has 6 nitrogen and oxygen atoms in total. The number of nitrogens with one attached hydrogen (secondary N) is 1. The summed E-state index contributed by atoms with van der Waals surface area (Å²) in [6.07, 6.45) is 0. The Morgan fingerprint density at radius 2 is 2.27 bits per heavy atom. The lowest BCUT2D eigenvalue weighted by Crippen LogP contribution is -2.69. The SMILES string of the molecule is CC(=O)N[C@@H]1C(=O)N2[C@@H](C(=O)O)CS[C@H]12. The zero-order chi connectivity index (χ0) is 11.2. The second-order valence-corrected chi connectivity index (χ2v) is 4.65. The maximum Gasteiger partial charge on any atom is 0.327 e. The van der Waals surface area contributed by atoms with Crippen LogP contribution in [0.4, 0.5) is 0 Å². The summed E-state index contributed by atoms with van der Waals surface area (Å²) < 4.78 is 0. The Labute approximate surface area is 90.0 Å². The number of thioether (sulfide) groups is 1. The minimum absolute atomic E-state index is 0.206. The van der Waals surface area contributed by atoms with Crippen LogP contribution < -0.4 is 5.32 Å². The molecule has 0 bridgehead atoms.